The fraction of sp³-hybridized carbons (Fsp3) is 0.900. The number of amides is 1. The highest BCUT2D eigenvalue weighted by Crippen LogP contribution is 2.08. The van der Waals surface area contributed by atoms with Crippen LogP contribution in [0.4, 0.5) is 0 Å². The first-order chi connectivity index (χ1) is 7.00. The molecule has 15 heavy (non-hydrogen) atoms. The number of hydrogen-bond acceptors (Lipinski definition) is 4. The summed E-state index contributed by atoms with van der Waals surface area (Å²) in [6.45, 7) is 2.11. The Hall–Kier alpha value is -0.650. The highest BCUT2D eigenvalue weighted by Gasteiger charge is 2.29. The van der Waals surface area contributed by atoms with E-state index in [-0.39, 0.29) is 18.1 Å². The zero-order valence-corrected chi connectivity index (χ0v) is 9.73. The Labute approximate surface area is 91.0 Å². The third kappa shape index (κ3) is 3.77. The summed E-state index contributed by atoms with van der Waals surface area (Å²) in [5.41, 5.74) is 0. The van der Waals surface area contributed by atoms with Gasteiger partial charge in [-0.3, -0.25) is 4.79 Å². The van der Waals surface area contributed by atoms with E-state index in [4.69, 9.17) is 0 Å². The number of nitrogens with one attached hydrogen (secondary N) is 1. The molecule has 0 aliphatic carbocycles. The summed E-state index contributed by atoms with van der Waals surface area (Å²) in [5, 5.41) is 12.3. The van der Waals surface area contributed by atoms with Crippen LogP contribution < -0.4 is 5.32 Å². The number of rotatable bonds is 4. The van der Waals surface area contributed by atoms with Crippen LogP contribution in [0, 0.1) is 0 Å². The molecule has 1 rings (SSSR count). The van der Waals surface area contributed by atoms with E-state index in [9.17, 15) is 9.90 Å². The van der Waals surface area contributed by atoms with E-state index < -0.39 is 0 Å². The number of hydrogen-bond donors (Lipinski definition) is 2. The monoisotopic (exact) mass is 215 g/mol. The van der Waals surface area contributed by atoms with Gasteiger partial charge in [-0.2, -0.15) is 0 Å². The standard InChI is InChI=1S/C10H21N3O2/c1-12(2)4-5-13(3)10(15)9-6-8(14)7-11-9/h8-9,11,14H,4-7H2,1-3H3/t8-,9+/m1/s1. The molecular formula is C10H21N3O2. The summed E-state index contributed by atoms with van der Waals surface area (Å²) >= 11 is 0. The van der Waals surface area contributed by atoms with Crippen LogP contribution in [-0.2, 0) is 4.79 Å². The van der Waals surface area contributed by atoms with Crippen LogP contribution in [0.5, 0.6) is 0 Å². The van der Waals surface area contributed by atoms with Gasteiger partial charge in [-0.25, -0.2) is 0 Å². The molecule has 1 saturated heterocycles. The number of carbonyl (C=O) groups excluding carboxylic acids is 1. The maximum Gasteiger partial charge on any atom is 0.239 e. The molecule has 0 aromatic heterocycles. The summed E-state index contributed by atoms with van der Waals surface area (Å²) in [6.07, 6.45) is 0.159. The van der Waals surface area contributed by atoms with Gasteiger partial charge in [0.1, 0.15) is 0 Å². The minimum Gasteiger partial charge on any atom is -0.392 e. The number of aliphatic hydroxyl groups is 1. The van der Waals surface area contributed by atoms with E-state index in [0.717, 1.165) is 13.1 Å². The highest BCUT2D eigenvalue weighted by molar-refractivity contribution is 5.82. The number of carbonyl (C=O) groups is 1. The second-order valence-corrected chi connectivity index (χ2v) is 4.41. The second kappa shape index (κ2) is 5.44. The SMILES string of the molecule is CN(C)CCN(C)C(=O)[C@@H]1C[C@@H](O)CN1. The van der Waals surface area contributed by atoms with Gasteiger partial charge in [0.15, 0.2) is 0 Å². The minimum absolute atomic E-state index is 0.0772. The van der Waals surface area contributed by atoms with Crippen LogP contribution >= 0.6 is 0 Å². The Morgan fingerprint density at radius 3 is 2.53 bits per heavy atom. The Kier molecular flexibility index (Phi) is 4.50. The van der Waals surface area contributed by atoms with Gasteiger partial charge in [-0.1, -0.05) is 0 Å². The smallest absolute Gasteiger partial charge is 0.239 e. The molecule has 0 radical (unpaired) electrons. The first-order valence-electron chi connectivity index (χ1n) is 5.32. The van der Waals surface area contributed by atoms with Gasteiger partial charge in [0.2, 0.25) is 5.91 Å². The molecule has 5 nitrogen and oxygen atoms in total. The van der Waals surface area contributed by atoms with Gasteiger partial charge in [0, 0.05) is 26.7 Å². The van der Waals surface area contributed by atoms with E-state index in [2.05, 4.69) is 5.32 Å². The fourth-order valence-corrected chi connectivity index (χ4v) is 1.63. The van der Waals surface area contributed by atoms with Crippen LogP contribution in [0.2, 0.25) is 0 Å². The number of likely N-dealkylation sites (N-methyl/N-ethyl adjacent to an activating group) is 2. The summed E-state index contributed by atoms with van der Waals surface area (Å²) in [7, 11) is 5.77. The molecule has 0 spiro atoms. The Morgan fingerprint density at radius 1 is 1.40 bits per heavy atom. The average molecular weight is 215 g/mol. The highest BCUT2D eigenvalue weighted by atomic mass is 16.3. The molecule has 1 aliphatic heterocycles. The van der Waals surface area contributed by atoms with Crippen molar-refractivity contribution >= 4 is 5.91 Å². The molecule has 1 amide bonds. The Bertz CT molecular complexity index is 221. The predicted molar refractivity (Wildman–Crippen MR) is 58.6 cm³/mol. The molecule has 5 heteroatoms. The van der Waals surface area contributed by atoms with Gasteiger partial charge < -0.3 is 20.2 Å². The van der Waals surface area contributed by atoms with Crippen molar-refractivity contribution in [2.24, 2.45) is 0 Å². The molecular weight excluding hydrogens is 194 g/mol. The minimum atomic E-state index is -0.374. The first kappa shape index (κ1) is 12.4. The molecule has 0 bridgehead atoms. The number of aliphatic hydroxyl groups excluding tert-OH is 1. The van der Waals surface area contributed by atoms with Crippen LogP contribution in [-0.4, -0.2) is 73.7 Å². The molecule has 2 N–H and O–H groups in total. The van der Waals surface area contributed by atoms with Crippen molar-refractivity contribution in [2.45, 2.75) is 18.6 Å². The maximum atomic E-state index is 11.8. The van der Waals surface area contributed by atoms with Gasteiger partial charge in [-0.05, 0) is 20.5 Å². The predicted octanol–water partition coefficient (Wildman–Crippen LogP) is -1.27. The Balaban J connectivity index is 2.32. The van der Waals surface area contributed by atoms with Crippen molar-refractivity contribution in [2.75, 3.05) is 40.8 Å². The fourth-order valence-electron chi connectivity index (χ4n) is 1.63. The number of nitrogens with zero attached hydrogens (tertiary/aromatic N) is 2. The van der Waals surface area contributed by atoms with Crippen molar-refractivity contribution in [1.29, 1.82) is 0 Å². The van der Waals surface area contributed by atoms with E-state index >= 15 is 0 Å². The second-order valence-electron chi connectivity index (χ2n) is 4.41. The van der Waals surface area contributed by atoms with E-state index in [1.165, 1.54) is 0 Å². The summed E-state index contributed by atoms with van der Waals surface area (Å²) in [5.74, 6) is 0.0772. The van der Waals surface area contributed by atoms with Crippen molar-refractivity contribution in [1.82, 2.24) is 15.1 Å². The molecule has 1 aliphatic rings. The van der Waals surface area contributed by atoms with Crippen molar-refractivity contribution in [3.05, 3.63) is 0 Å². The van der Waals surface area contributed by atoms with Crippen molar-refractivity contribution in [3.8, 4) is 0 Å². The number of β-amino-alcohol motifs (C(OH)–C–C–N with tert-alkyl or cyclic N) is 1. The molecule has 0 saturated carbocycles. The maximum absolute atomic E-state index is 11.8. The topological polar surface area (TPSA) is 55.8 Å². The molecule has 1 heterocycles. The van der Waals surface area contributed by atoms with Gasteiger partial charge in [0.25, 0.3) is 0 Å². The van der Waals surface area contributed by atoms with Crippen LogP contribution in [0.3, 0.4) is 0 Å². The van der Waals surface area contributed by atoms with Crippen LogP contribution in [0.25, 0.3) is 0 Å². The summed E-state index contributed by atoms with van der Waals surface area (Å²) in [4.78, 5) is 15.6. The first-order valence-corrected chi connectivity index (χ1v) is 5.32. The van der Waals surface area contributed by atoms with Gasteiger partial charge in [0.05, 0.1) is 12.1 Å². The van der Waals surface area contributed by atoms with Crippen molar-refractivity contribution < 1.29 is 9.90 Å². The quantitative estimate of drug-likeness (QED) is 0.614. The molecule has 0 aromatic carbocycles. The largest absolute Gasteiger partial charge is 0.392 e. The van der Waals surface area contributed by atoms with E-state index in [1.807, 2.05) is 19.0 Å². The van der Waals surface area contributed by atoms with Gasteiger partial charge >= 0.3 is 0 Å². The lowest BCUT2D eigenvalue weighted by Gasteiger charge is -2.22. The van der Waals surface area contributed by atoms with E-state index in [0.29, 0.717) is 13.0 Å². The van der Waals surface area contributed by atoms with Crippen molar-refractivity contribution in [3.63, 3.8) is 0 Å². The van der Waals surface area contributed by atoms with Gasteiger partial charge in [-0.15, -0.1) is 0 Å². The third-order valence-electron chi connectivity index (χ3n) is 2.66. The lowest BCUT2D eigenvalue weighted by Crippen LogP contribution is -2.43. The van der Waals surface area contributed by atoms with E-state index in [1.54, 1.807) is 11.9 Å². The third-order valence-corrected chi connectivity index (χ3v) is 2.66. The lowest BCUT2D eigenvalue weighted by molar-refractivity contribution is -0.132. The average Bonchev–Trinajstić information content (AvgIpc) is 2.60. The zero-order valence-electron chi connectivity index (χ0n) is 9.73. The van der Waals surface area contributed by atoms with Crippen LogP contribution in [0.15, 0.2) is 0 Å². The molecule has 0 unspecified atom stereocenters. The molecule has 1 fully saturated rings. The Morgan fingerprint density at radius 2 is 2.07 bits per heavy atom. The zero-order chi connectivity index (χ0) is 11.4. The summed E-state index contributed by atoms with van der Waals surface area (Å²) < 4.78 is 0. The molecule has 0 aromatic rings. The lowest BCUT2D eigenvalue weighted by atomic mass is 10.2. The molecule has 2 atom stereocenters. The molecule has 88 valence electrons. The van der Waals surface area contributed by atoms with Crippen LogP contribution in [0.1, 0.15) is 6.42 Å². The normalized spacial score (nSPS) is 25.9. The summed E-state index contributed by atoms with van der Waals surface area (Å²) in [6, 6.07) is -0.202.